The van der Waals surface area contributed by atoms with Crippen LogP contribution in [0.3, 0.4) is 0 Å². The van der Waals surface area contributed by atoms with E-state index in [1.807, 2.05) is 31.2 Å². The van der Waals surface area contributed by atoms with E-state index in [2.05, 4.69) is 15.3 Å². The van der Waals surface area contributed by atoms with Gasteiger partial charge in [-0.05, 0) is 32.0 Å². The van der Waals surface area contributed by atoms with Crippen molar-refractivity contribution in [2.45, 2.75) is 13.8 Å². The van der Waals surface area contributed by atoms with Gasteiger partial charge in [0.25, 0.3) is 5.91 Å². The highest BCUT2D eigenvalue weighted by Gasteiger charge is 2.12. The number of aryl methyl sites for hydroxylation is 1. The van der Waals surface area contributed by atoms with Crippen molar-refractivity contribution in [3.63, 3.8) is 0 Å². The molecule has 1 amide bonds. The normalized spacial score (nSPS) is 10.4. The van der Waals surface area contributed by atoms with Crippen LogP contribution in [-0.4, -0.2) is 21.7 Å². The van der Waals surface area contributed by atoms with Gasteiger partial charge in [0.1, 0.15) is 5.69 Å². The Balaban J connectivity index is 1.90. The quantitative estimate of drug-likeness (QED) is 0.709. The number of hydrogen-bond donors (Lipinski definition) is 2. The SMILES string of the molecule is CC(=O)c1cccc(NC(=O)c2cc(-c3ccc(C)cc3)nc(=O)[nH]2)c1. The van der Waals surface area contributed by atoms with Crippen molar-refractivity contribution in [2.24, 2.45) is 0 Å². The summed E-state index contributed by atoms with van der Waals surface area (Å²) in [7, 11) is 0. The first-order valence-electron chi connectivity index (χ1n) is 8.03. The molecule has 1 aromatic heterocycles. The highest BCUT2D eigenvalue weighted by molar-refractivity contribution is 6.04. The fourth-order valence-electron chi connectivity index (χ4n) is 2.47. The van der Waals surface area contributed by atoms with Gasteiger partial charge in [0.15, 0.2) is 5.78 Å². The summed E-state index contributed by atoms with van der Waals surface area (Å²) in [6.45, 7) is 3.41. The van der Waals surface area contributed by atoms with Gasteiger partial charge in [0, 0.05) is 16.8 Å². The minimum Gasteiger partial charge on any atom is -0.321 e. The van der Waals surface area contributed by atoms with E-state index in [1.54, 1.807) is 24.3 Å². The van der Waals surface area contributed by atoms with Gasteiger partial charge in [0.05, 0.1) is 5.69 Å². The number of anilines is 1. The van der Waals surface area contributed by atoms with Crippen molar-refractivity contribution in [1.29, 1.82) is 0 Å². The lowest BCUT2D eigenvalue weighted by Crippen LogP contribution is -2.21. The number of carbonyl (C=O) groups excluding carboxylic acids is 2. The molecule has 26 heavy (non-hydrogen) atoms. The molecule has 0 unspecified atom stereocenters. The minimum atomic E-state index is -0.606. The number of amides is 1. The van der Waals surface area contributed by atoms with E-state index in [9.17, 15) is 14.4 Å². The molecule has 6 heteroatoms. The Labute approximate surface area is 149 Å². The van der Waals surface area contributed by atoms with Crippen LogP contribution in [0, 0.1) is 6.92 Å². The number of carbonyl (C=O) groups is 2. The predicted molar refractivity (Wildman–Crippen MR) is 99.4 cm³/mol. The molecule has 1 heterocycles. The Bertz CT molecular complexity index is 1040. The van der Waals surface area contributed by atoms with E-state index in [0.717, 1.165) is 11.1 Å². The first kappa shape index (κ1) is 17.3. The van der Waals surface area contributed by atoms with Crippen molar-refractivity contribution in [3.05, 3.63) is 81.9 Å². The largest absolute Gasteiger partial charge is 0.346 e. The van der Waals surface area contributed by atoms with E-state index >= 15 is 0 Å². The van der Waals surface area contributed by atoms with E-state index in [0.29, 0.717) is 16.9 Å². The standard InChI is InChI=1S/C20H17N3O3/c1-12-6-8-14(9-7-12)17-11-18(23-20(26)22-17)19(25)21-16-5-3-4-15(10-16)13(2)24/h3-11H,1-2H3,(H,21,25)(H,22,23,26). The van der Waals surface area contributed by atoms with Crippen molar-refractivity contribution < 1.29 is 9.59 Å². The molecule has 0 fully saturated rings. The van der Waals surface area contributed by atoms with Crippen molar-refractivity contribution in [1.82, 2.24) is 9.97 Å². The Morgan fingerprint density at radius 3 is 2.46 bits per heavy atom. The van der Waals surface area contributed by atoms with Crippen LogP contribution in [0.1, 0.15) is 33.3 Å². The lowest BCUT2D eigenvalue weighted by molar-refractivity contribution is 0.100. The molecule has 130 valence electrons. The van der Waals surface area contributed by atoms with Crippen LogP contribution in [0.15, 0.2) is 59.4 Å². The third-order valence-electron chi connectivity index (χ3n) is 3.86. The lowest BCUT2D eigenvalue weighted by atomic mass is 10.1. The zero-order valence-corrected chi connectivity index (χ0v) is 14.4. The fourth-order valence-corrected chi connectivity index (χ4v) is 2.47. The van der Waals surface area contributed by atoms with Crippen molar-refractivity contribution >= 4 is 17.4 Å². The Hall–Kier alpha value is -3.54. The average molecular weight is 347 g/mol. The third-order valence-corrected chi connectivity index (χ3v) is 3.86. The van der Waals surface area contributed by atoms with Gasteiger partial charge in [-0.15, -0.1) is 0 Å². The van der Waals surface area contributed by atoms with E-state index in [4.69, 9.17) is 0 Å². The summed E-state index contributed by atoms with van der Waals surface area (Å²) in [5, 5.41) is 2.68. The Kier molecular flexibility index (Phi) is 4.75. The molecular weight excluding hydrogens is 330 g/mol. The van der Waals surface area contributed by atoms with Gasteiger partial charge in [-0.2, -0.15) is 4.98 Å². The summed E-state index contributed by atoms with van der Waals surface area (Å²) in [6, 6.07) is 15.6. The second-order valence-electron chi connectivity index (χ2n) is 5.94. The van der Waals surface area contributed by atoms with Crippen LogP contribution >= 0.6 is 0 Å². The monoisotopic (exact) mass is 347 g/mol. The van der Waals surface area contributed by atoms with Gasteiger partial charge in [-0.3, -0.25) is 9.59 Å². The van der Waals surface area contributed by atoms with Gasteiger partial charge < -0.3 is 10.3 Å². The van der Waals surface area contributed by atoms with Crippen LogP contribution in [0.2, 0.25) is 0 Å². The van der Waals surface area contributed by atoms with Crippen LogP contribution in [0.4, 0.5) is 5.69 Å². The number of ketones is 1. The highest BCUT2D eigenvalue weighted by Crippen LogP contribution is 2.18. The first-order valence-corrected chi connectivity index (χ1v) is 8.03. The molecule has 2 N–H and O–H groups in total. The second kappa shape index (κ2) is 7.14. The van der Waals surface area contributed by atoms with Gasteiger partial charge in [-0.1, -0.05) is 42.0 Å². The van der Waals surface area contributed by atoms with Crippen molar-refractivity contribution in [2.75, 3.05) is 5.32 Å². The number of benzene rings is 2. The van der Waals surface area contributed by atoms with E-state index in [-0.39, 0.29) is 11.5 Å². The molecule has 2 aromatic carbocycles. The lowest BCUT2D eigenvalue weighted by Gasteiger charge is -2.08. The zero-order valence-electron chi connectivity index (χ0n) is 14.4. The van der Waals surface area contributed by atoms with Crippen LogP contribution in [0.25, 0.3) is 11.3 Å². The molecule has 0 aliphatic rings. The summed E-state index contributed by atoms with van der Waals surface area (Å²) in [4.78, 5) is 42.2. The number of Topliss-reactive ketones (excluding diaryl/α,β-unsaturated/α-hetero) is 1. The smallest absolute Gasteiger partial charge is 0.321 e. The van der Waals surface area contributed by atoms with Crippen LogP contribution in [0.5, 0.6) is 0 Å². The molecule has 0 saturated carbocycles. The van der Waals surface area contributed by atoms with Crippen LogP contribution in [-0.2, 0) is 0 Å². The van der Waals surface area contributed by atoms with Gasteiger partial charge in [0.2, 0.25) is 0 Å². The molecule has 0 aliphatic carbocycles. The Morgan fingerprint density at radius 2 is 1.77 bits per heavy atom. The molecule has 0 atom stereocenters. The summed E-state index contributed by atoms with van der Waals surface area (Å²) in [6.07, 6.45) is 0. The maximum atomic E-state index is 12.5. The maximum Gasteiger partial charge on any atom is 0.346 e. The Morgan fingerprint density at radius 1 is 1.04 bits per heavy atom. The molecule has 3 aromatic rings. The average Bonchev–Trinajstić information content (AvgIpc) is 2.62. The topological polar surface area (TPSA) is 91.9 Å². The second-order valence-corrected chi connectivity index (χ2v) is 5.94. The zero-order chi connectivity index (χ0) is 18.7. The highest BCUT2D eigenvalue weighted by atomic mass is 16.2. The molecule has 3 rings (SSSR count). The molecule has 0 aliphatic heterocycles. The molecule has 0 spiro atoms. The number of hydrogen-bond acceptors (Lipinski definition) is 4. The van der Waals surface area contributed by atoms with E-state index < -0.39 is 11.6 Å². The molecule has 6 nitrogen and oxygen atoms in total. The van der Waals surface area contributed by atoms with Gasteiger partial charge >= 0.3 is 5.69 Å². The first-order chi connectivity index (χ1) is 12.4. The third kappa shape index (κ3) is 3.92. The number of aromatic nitrogens is 2. The number of rotatable bonds is 4. The molecule has 0 bridgehead atoms. The summed E-state index contributed by atoms with van der Waals surface area (Å²) in [5.41, 5.74) is 2.69. The predicted octanol–water partition coefficient (Wildman–Crippen LogP) is 3.20. The van der Waals surface area contributed by atoms with E-state index in [1.165, 1.54) is 13.0 Å². The summed E-state index contributed by atoms with van der Waals surface area (Å²) in [5.74, 6) is -0.585. The van der Waals surface area contributed by atoms with Gasteiger partial charge in [-0.25, -0.2) is 4.79 Å². The molecule has 0 saturated heterocycles. The number of nitrogens with zero attached hydrogens (tertiary/aromatic N) is 1. The van der Waals surface area contributed by atoms with Crippen molar-refractivity contribution in [3.8, 4) is 11.3 Å². The molecule has 0 radical (unpaired) electrons. The van der Waals surface area contributed by atoms with Crippen LogP contribution < -0.4 is 11.0 Å². The minimum absolute atomic E-state index is 0.0915. The molecular formula is C20H17N3O3. The number of H-pyrrole nitrogens is 1. The fraction of sp³-hybridized carbons (Fsp3) is 0.100. The number of nitrogens with one attached hydrogen (secondary N) is 2. The number of aromatic amines is 1. The summed E-state index contributed by atoms with van der Waals surface area (Å²) >= 11 is 0. The maximum absolute atomic E-state index is 12.5. The summed E-state index contributed by atoms with van der Waals surface area (Å²) < 4.78 is 0.